The van der Waals surface area contributed by atoms with E-state index in [1.54, 1.807) is 20.8 Å². The highest BCUT2D eigenvalue weighted by Gasteiger charge is 2.25. The van der Waals surface area contributed by atoms with Gasteiger partial charge in [0.1, 0.15) is 5.60 Å². The number of carbonyl (C=O) groups is 2. The molecule has 0 bridgehead atoms. The van der Waals surface area contributed by atoms with Crippen molar-refractivity contribution in [3.8, 4) is 0 Å². The van der Waals surface area contributed by atoms with Gasteiger partial charge in [-0.1, -0.05) is 11.6 Å². The van der Waals surface area contributed by atoms with Crippen LogP contribution in [0.3, 0.4) is 0 Å². The number of alkyl halides is 1. The molecule has 0 amide bonds. The van der Waals surface area contributed by atoms with Crippen LogP contribution in [0.25, 0.3) is 0 Å². The zero-order chi connectivity index (χ0) is 14.7. The van der Waals surface area contributed by atoms with Crippen molar-refractivity contribution in [3.63, 3.8) is 0 Å². The fraction of sp³-hybridized carbons (Fsp3) is 0.385. The number of carboxylic acids is 1. The molecule has 0 unspecified atom stereocenters. The average molecular weight is 286 g/mol. The fourth-order valence-electron chi connectivity index (χ4n) is 1.33. The van der Waals surface area contributed by atoms with E-state index in [-0.39, 0.29) is 5.57 Å². The van der Waals surface area contributed by atoms with Crippen molar-refractivity contribution in [2.75, 3.05) is 0 Å². The number of carboxylic acid groups (broad SMARTS) is 1. The second-order valence-corrected chi connectivity index (χ2v) is 5.64. The van der Waals surface area contributed by atoms with E-state index in [2.05, 4.69) is 5.32 Å². The molecule has 1 aliphatic rings. The van der Waals surface area contributed by atoms with Gasteiger partial charge in [-0.05, 0) is 45.2 Å². The number of nitrogens with one attached hydrogen (secondary N) is 1. The minimum Gasteiger partial charge on any atom is -0.478 e. The summed E-state index contributed by atoms with van der Waals surface area (Å²) in [7, 11) is 0. The molecule has 1 heterocycles. The van der Waals surface area contributed by atoms with Gasteiger partial charge in [0.15, 0.2) is 5.00 Å². The maximum atomic E-state index is 11.5. The maximum Gasteiger partial charge on any atom is 0.335 e. The lowest BCUT2D eigenvalue weighted by Crippen LogP contribution is -2.35. The monoisotopic (exact) mass is 285 g/mol. The van der Waals surface area contributed by atoms with E-state index in [0.29, 0.717) is 0 Å². The van der Waals surface area contributed by atoms with Gasteiger partial charge in [0.2, 0.25) is 0 Å². The maximum absolute atomic E-state index is 11.5. The summed E-state index contributed by atoms with van der Waals surface area (Å²) >= 11 is 6.13. The SMILES string of the molecule is CC(C)(C)OC(=O)/C=C/[C@]1(Cl)C=C(C(=O)O)C=CN1. The number of dihydropyridines is 1. The van der Waals surface area contributed by atoms with E-state index >= 15 is 0 Å². The lowest BCUT2D eigenvalue weighted by molar-refractivity contribution is -0.148. The van der Waals surface area contributed by atoms with E-state index in [1.165, 1.54) is 30.5 Å². The van der Waals surface area contributed by atoms with Crippen LogP contribution in [0.15, 0.2) is 36.1 Å². The van der Waals surface area contributed by atoms with Gasteiger partial charge in [-0.2, -0.15) is 0 Å². The third-order valence-corrected chi connectivity index (χ3v) is 2.39. The molecule has 0 aromatic rings. The number of ether oxygens (including phenoxy) is 1. The molecule has 0 fully saturated rings. The molecular weight excluding hydrogens is 270 g/mol. The van der Waals surface area contributed by atoms with Crippen LogP contribution >= 0.6 is 11.6 Å². The fourth-order valence-corrected chi connectivity index (χ4v) is 1.57. The van der Waals surface area contributed by atoms with E-state index in [9.17, 15) is 9.59 Å². The Morgan fingerprint density at radius 2 is 2.11 bits per heavy atom. The standard InChI is InChI=1S/C13H16ClNO4/c1-12(2,3)19-10(16)4-6-13(14)8-9(11(17)18)5-7-15-13/h4-8,15H,1-3H3,(H,17,18)/b6-4+/t13-/m1/s1. The topological polar surface area (TPSA) is 75.6 Å². The first-order valence-corrected chi connectivity index (χ1v) is 6.01. The summed E-state index contributed by atoms with van der Waals surface area (Å²) in [6.07, 6.45) is 6.60. The molecular formula is C13H16ClNO4. The lowest BCUT2D eigenvalue weighted by Gasteiger charge is -2.24. The first-order valence-electron chi connectivity index (χ1n) is 5.63. The predicted octanol–water partition coefficient (Wildman–Crippen LogP) is 1.95. The summed E-state index contributed by atoms with van der Waals surface area (Å²) in [5, 5.41) is 11.6. The van der Waals surface area contributed by atoms with Gasteiger partial charge in [-0.3, -0.25) is 0 Å². The Bertz CT molecular complexity index is 474. The number of rotatable bonds is 3. The summed E-state index contributed by atoms with van der Waals surface area (Å²) < 4.78 is 5.08. The largest absolute Gasteiger partial charge is 0.478 e. The summed E-state index contributed by atoms with van der Waals surface area (Å²) in [6.45, 7) is 5.25. The number of aliphatic carboxylic acids is 1. The number of hydrogen-bond acceptors (Lipinski definition) is 4. The van der Waals surface area contributed by atoms with Gasteiger partial charge >= 0.3 is 11.9 Å². The third kappa shape index (κ3) is 5.18. The first-order chi connectivity index (χ1) is 8.61. The molecule has 1 atom stereocenters. The third-order valence-electron chi connectivity index (χ3n) is 2.05. The molecule has 0 spiro atoms. The molecule has 0 saturated carbocycles. The zero-order valence-corrected chi connectivity index (χ0v) is 11.7. The van der Waals surface area contributed by atoms with Crippen molar-refractivity contribution in [3.05, 3.63) is 36.1 Å². The Morgan fingerprint density at radius 3 is 2.63 bits per heavy atom. The molecule has 5 nitrogen and oxygen atoms in total. The van der Waals surface area contributed by atoms with Crippen LogP contribution in [0.5, 0.6) is 0 Å². The molecule has 0 aromatic carbocycles. The zero-order valence-electron chi connectivity index (χ0n) is 10.9. The molecule has 1 aliphatic heterocycles. The second-order valence-electron chi connectivity index (χ2n) is 5.02. The van der Waals surface area contributed by atoms with Crippen molar-refractivity contribution >= 4 is 23.5 Å². The summed E-state index contributed by atoms with van der Waals surface area (Å²) in [6, 6.07) is 0. The van der Waals surface area contributed by atoms with Gasteiger partial charge < -0.3 is 15.2 Å². The van der Waals surface area contributed by atoms with Crippen molar-refractivity contribution in [1.82, 2.24) is 5.32 Å². The smallest absolute Gasteiger partial charge is 0.335 e. The van der Waals surface area contributed by atoms with Gasteiger partial charge in [0.25, 0.3) is 0 Å². The van der Waals surface area contributed by atoms with Gasteiger partial charge in [0.05, 0.1) is 5.57 Å². The van der Waals surface area contributed by atoms with Crippen molar-refractivity contribution in [2.45, 2.75) is 31.4 Å². The quantitative estimate of drug-likeness (QED) is 0.359. The van der Waals surface area contributed by atoms with Crippen LogP contribution in [0.4, 0.5) is 0 Å². The second kappa shape index (κ2) is 5.48. The summed E-state index contributed by atoms with van der Waals surface area (Å²) in [5.74, 6) is -1.64. The van der Waals surface area contributed by atoms with Gasteiger partial charge in [-0.25, -0.2) is 9.59 Å². The highest BCUT2D eigenvalue weighted by molar-refractivity contribution is 6.27. The molecule has 2 N–H and O–H groups in total. The minimum absolute atomic E-state index is 0.0441. The van der Waals surface area contributed by atoms with E-state index < -0.39 is 22.5 Å². The molecule has 0 aliphatic carbocycles. The van der Waals surface area contributed by atoms with Crippen molar-refractivity contribution in [2.24, 2.45) is 0 Å². The van der Waals surface area contributed by atoms with E-state index in [4.69, 9.17) is 21.4 Å². The normalized spacial score (nSPS) is 22.8. The van der Waals surface area contributed by atoms with Crippen LogP contribution < -0.4 is 5.32 Å². The van der Waals surface area contributed by atoms with Crippen molar-refractivity contribution < 1.29 is 19.4 Å². The molecule has 0 aromatic heterocycles. The number of esters is 1. The molecule has 6 heteroatoms. The number of halogens is 1. The predicted molar refractivity (Wildman–Crippen MR) is 71.6 cm³/mol. The lowest BCUT2D eigenvalue weighted by atomic mass is 10.1. The average Bonchev–Trinajstić information content (AvgIpc) is 2.24. The van der Waals surface area contributed by atoms with Crippen LogP contribution in [0.2, 0.25) is 0 Å². The Hall–Kier alpha value is -1.75. The van der Waals surface area contributed by atoms with Crippen LogP contribution in [-0.4, -0.2) is 27.6 Å². The van der Waals surface area contributed by atoms with Crippen LogP contribution in [0.1, 0.15) is 20.8 Å². The minimum atomic E-state index is -1.25. The molecule has 19 heavy (non-hydrogen) atoms. The Kier molecular flexibility index (Phi) is 4.42. The Morgan fingerprint density at radius 1 is 1.47 bits per heavy atom. The van der Waals surface area contributed by atoms with Gasteiger partial charge in [-0.15, -0.1) is 0 Å². The highest BCUT2D eigenvalue weighted by Crippen LogP contribution is 2.22. The van der Waals surface area contributed by atoms with Crippen molar-refractivity contribution in [1.29, 1.82) is 0 Å². The molecule has 1 rings (SSSR count). The van der Waals surface area contributed by atoms with Crippen LogP contribution in [0, 0.1) is 0 Å². The number of hydrogen-bond donors (Lipinski definition) is 2. The highest BCUT2D eigenvalue weighted by atomic mass is 35.5. The molecule has 0 saturated heterocycles. The Balaban J connectivity index is 2.78. The molecule has 0 radical (unpaired) electrons. The van der Waals surface area contributed by atoms with Crippen LogP contribution in [-0.2, 0) is 14.3 Å². The summed E-state index contributed by atoms with van der Waals surface area (Å²) in [4.78, 5) is 21.1. The van der Waals surface area contributed by atoms with E-state index in [1.807, 2.05) is 0 Å². The number of carbonyl (C=O) groups excluding carboxylic acids is 1. The first kappa shape index (κ1) is 15.3. The Labute approximate surface area is 116 Å². The molecule has 104 valence electrons. The summed E-state index contributed by atoms with van der Waals surface area (Å²) in [5.41, 5.74) is -0.550. The van der Waals surface area contributed by atoms with Gasteiger partial charge in [0, 0.05) is 6.08 Å². The van der Waals surface area contributed by atoms with E-state index in [0.717, 1.165) is 0 Å².